The Labute approximate surface area is 231 Å². The Balaban J connectivity index is 1.48. The molecular formula is C27H20ClF3N8O. The second-order valence-electron chi connectivity index (χ2n) is 8.50. The zero-order chi connectivity index (χ0) is 28.3. The van der Waals surface area contributed by atoms with E-state index >= 15 is 0 Å². The summed E-state index contributed by atoms with van der Waals surface area (Å²) in [7, 11) is 0. The Morgan fingerprint density at radius 1 is 0.950 bits per heavy atom. The first kappa shape index (κ1) is 26.6. The van der Waals surface area contributed by atoms with Gasteiger partial charge >= 0.3 is 6.18 Å². The van der Waals surface area contributed by atoms with Crippen molar-refractivity contribution in [2.45, 2.75) is 13.1 Å². The van der Waals surface area contributed by atoms with Crippen molar-refractivity contribution in [3.63, 3.8) is 0 Å². The van der Waals surface area contributed by atoms with Gasteiger partial charge in [0.25, 0.3) is 5.91 Å². The number of aryl methyl sites for hydroxylation is 1. The Bertz CT molecular complexity index is 1650. The Hall–Kier alpha value is -4.97. The third-order valence-electron chi connectivity index (χ3n) is 5.74. The van der Waals surface area contributed by atoms with Crippen molar-refractivity contribution < 1.29 is 18.0 Å². The fraction of sp³-hybridized carbons (Fsp3) is 0.0741. The molecule has 202 valence electrons. The molecule has 0 unspecified atom stereocenters. The van der Waals surface area contributed by atoms with Crippen molar-refractivity contribution in [1.82, 2.24) is 24.9 Å². The SMILES string of the molecule is Cc1ccc(NC(=O)c2ccc(Cl)c(C(F)(F)F)c2)cc1N(c1cc(Nc2ccccn2)ncn1)c1ncc[nH]1. The van der Waals surface area contributed by atoms with Crippen LogP contribution in [0.15, 0.2) is 85.6 Å². The number of alkyl halides is 3. The summed E-state index contributed by atoms with van der Waals surface area (Å²) < 4.78 is 39.9. The topological polar surface area (TPSA) is 112 Å². The first-order chi connectivity index (χ1) is 19.2. The van der Waals surface area contributed by atoms with Crippen LogP contribution in [0.2, 0.25) is 5.02 Å². The van der Waals surface area contributed by atoms with Crippen molar-refractivity contribution in [3.8, 4) is 0 Å². The molecule has 3 aromatic heterocycles. The average Bonchev–Trinajstić information content (AvgIpc) is 3.45. The molecule has 0 aliphatic rings. The highest BCUT2D eigenvalue weighted by atomic mass is 35.5. The number of halogens is 4. The highest BCUT2D eigenvalue weighted by Gasteiger charge is 2.34. The van der Waals surface area contributed by atoms with E-state index < -0.39 is 22.7 Å². The second kappa shape index (κ2) is 11.0. The predicted octanol–water partition coefficient (Wildman–Crippen LogP) is 7.04. The summed E-state index contributed by atoms with van der Waals surface area (Å²) in [5.74, 6) is 1.22. The Kier molecular flexibility index (Phi) is 7.34. The van der Waals surface area contributed by atoms with Gasteiger partial charge in [0.15, 0.2) is 0 Å². The van der Waals surface area contributed by atoms with E-state index in [-0.39, 0.29) is 5.56 Å². The highest BCUT2D eigenvalue weighted by molar-refractivity contribution is 6.31. The van der Waals surface area contributed by atoms with Crippen molar-refractivity contribution >= 4 is 52.3 Å². The Morgan fingerprint density at radius 3 is 2.52 bits per heavy atom. The van der Waals surface area contributed by atoms with Crippen LogP contribution in [0, 0.1) is 6.92 Å². The highest BCUT2D eigenvalue weighted by Crippen LogP contribution is 2.37. The fourth-order valence-electron chi connectivity index (χ4n) is 3.85. The second-order valence-corrected chi connectivity index (χ2v) is 8.90. The van der Waals surface area contributed by atoms with E-state index in [0.29, 0.717) is 34.8 Å². The van der Waals surface area contributed by atoms with Crippen LogP contribution in [-0.2, 0) is 6.18 Å². The van der Waals surface area contributed by atoms with Gasteiger partial charge in [0.2, 0.25) is 5.95 Å². The van der Waals surface area contributed by atoms with Gasteiger partial charge in [-0.05, 0) is 55.0 Å². The summed E-state index contributed by atoms with van der Waals surface area (Å²) in [6.07, 6.45) is 1.56. The lowest BCUT2D eigenvalue weighted by atomic mass is 10.1. The van der Waals surface area contributed by atoms with Crippen molar-refractivity contribution in [1.29, 1.82) is 0 Å². The van der Waals surface area contributed by atoms with Crippen LogP contribution in [0.25, 0.3) is 0 Å². The fourth-order valence-corrected chi connectivity index (χ4v) is 4.07. The largest absolute Gasteiger partial charge is 0.417 e. The van der Waals surface area contributed by atoms with E-state index in [1.165, 1.54) is 12.4 Å². The van der Waals surface area contributed by atoms with Crippen LogP contribution < -0.4 is 15.5 Å². The number of rotatable bonds is 7. The summed E-state index contributed by atoms with van der Waals surface area (Å²) in [5.41, 5.74) is 0.462. The first-order valence-corrected chi connectivity index (χ1v) is 12.2. The van der Waals surface area contributed by atoms with Gasteiger partial charge in [0, 0.05) is 35.9 Å². The number of carbonyl (C=O) groups is 1. The number of nitrogens with zero attached hydrogens (tertiary/aromatic N) is 5. The summed E-state index contributed by atoms with van der Waals surface area (Å²) >= 11 is 5.70. The maximum Gasteiger partial charge on any atom is 0.417 e. The maximum atomic E-state index is 13.3. The van der Waals surface area contributed by atoms with Crippen LogP contribution in [0.1, 0.15) is 21.5 Å². The summed E-state index contributed by atoms with van der Waals surface area (Å²) in [6.45, 7) is 1.86. The van der Waals surface area contributed by atoms with Crippen molar-refractivity contribution in [3.05, 3.63) is 107 Å². The van der Waals surface area contributed by atoms with E-state index in [0.717, 1.165) is 17.7 Å². The molecule has 0 saturated carbocycles. The molecule has 0 bridgehead atoms. The van der Waals surface area contributed by atoms with Crippen LogP contribution in [0.5, 0.6) is 0 Å². The zero-order valence-electron chi connectivity index (χ0n) is 20.7. The number of amides is 1. The number of hydrogen-bond donors (Lipinski definition) is 3. The molecule has 1 amide bonds. The van der Waals surface area contributed by atoms with Gasteiger partial charge in [-0.15, -0.1) is 0 Å². The molecule has 0 aliphatic carbocycles. The van der Waals surface area contributed by atoms with Gasteiger partial charge < -0.3 is 15.6 Å². The lowest BCUT2D eigenvalue weighted by molar-refractivity contribution is -0.137. The molecule has 3 heterocycles. The lowest BCUT2D eigenvalue weighted by Crippen LogP contribution is -2.17. The average molecular weight is 565 g/mol. The number of carbonyl (C=O) groups excluding carboxylic acids is 1. The van der Waals surface area contributed by atoms with Gasteiger partial charge in [-0.2, -0.15) is 13.2 Å². The number of pyridine rings is 1. The molecule has 2 aromatic carbocycles. The minimum atomic E-state index is -4.70. The van der Waals surface area contributed by atoms with Gasteiger partial charge in [0.05, 0.1) is 16.3 Å². The number of aromatic amines is 1. The number of imidazole rings is 1. The molecule has 40 heavy (non-hydrogen) atoms. The smallest absolute Gasteiger partial charge is 0.330 e. The number of anilines is 6. The molecule has 13 heteroatoms. The van der Waals surface area contributed by atoms with E-state index in [2.05, 4.69) is 35.6 Å². The van der Waals surface area contributed by atoms with Crippen molar-refractivity contribution in [2.75, 3.05) is 15.5 Å². The molecule has 9 nitrogen and oxygen atoms in total. The monoisotopic (exact) mass is 564 g/mol. The summed E-state index contributed by atoms with van der Waals surface area (Å²) in [4.78, 5) is 35.0. The van der Waals surface area contributed by atoms with Crippen LogP contribution >= 0.6 is 11.6 Å². The van der Waals surface area contributed by atoms with Crippen LogP contribution in [0.3, 0.4) is 0 Å². The minimum Gasteiger partial charge on any atom is -0.330 e. The van der Waals surface area contributed by atoms with Gasteiger partial charge in [-0.3, -0.25) is 9.69 Å². The molecule has 0 atom stereocenters. The number of nitrogens with one attached hydrogen (secondary N) is 3. The van der Waals surface area contributed by atoms with E-state index in [1.54, 1.807) is 59.9 Å². The van der Waals surface area contributed by atoms with Crippen LogP contribution in [-0.4, -0.2) is 30.8 Å². The molecular weight excluding hydrogens is 545 g/mol. The third kappa shape index (κ3) is 5.86. The lowest BCUT2D eigenvalue weighted by Gasteiger charge is -2.24. The number of H-pyrrole nitrogens is 1. The molecule has 0 radical (unpaired) electrons. The molecule has 3 N–H and O–H groups in total. The quantitative estimate of drug-likeness (QED) is 0.194. The van der Waals surface area contributed by atoms with Gasteiger partial charge in [0.1, 0.15) is 23.8 Å². The predicted molar refractivity (Wildman–Crippen MR) is 146 cm³/mol. The minimum absolute atomic E-state index is 0.192. The summed E-state index contributed by atoms with van der Waals surface area (Å²) in [5, 5.41) is 5.29. The maximum absolute atomic E-state index is 13.3. The van der Waals surface area contributed by atoms with Crippen LogP contribution in [0.4, 0.5) is 47.9 Å². The molecule has 5 aromatic rings. The normalized spacial score (nSPS) is 11.2. The van der Waals surface area contributed by atoms with Crippen molar-refractivity contribution in [2.24, 2.45) is 0 Å². The number of aromatic nitrogens is 5. The van der Waals surface area contributed by atoms with E-state index in [4.69, 9.17) is 11.6 Å². The molecule has 0 saturated heterocycles. The number of benzene rings is 2. The standard InChI is InChI=1S/C27H20ClF3N8O/c1-16-5-7-18(37-25(40)17-6-8-20(28)19(12-17)27(29,30)31)13-21(16)39(26-33-10-11-34-26)24-14-23(35-15-36-24)38-22-4-2-3-9-32-22/h2-15H,1H3,(H,33,34)(H,37,40)(H,32,35,36,38). The van der Waals surface area contributed by atoms with E-state index in [9.17, 15) is 18.0 Å². The molecule has 5 rings (SSSR count). The number of hydrogen-bond acceptors (Lipinski definition) is 7. The van der Waals surface area contributed by atoms with Gasteiger partial charge in [-0.25, -0.2) is 19.9 Å². The van der Waals surface area contributed by atoms with Gasteiger partial charge in [-0.1, -0.05) is 23.7 Å². The molecule has 0 spiro atoms. The molecule has 0 fully saturated rings. The Morgan fingerprint density at radius 2 is 1.80 bits per heavy atom. The summed E-state index contributed by atoms with van der Waals surface area (Å²) in [6, 6.07) is 15.2. The molecule has 0 aliphatic heterocycles. The third-order valence-corrected chi connectivity index (χ3v) is 6.07. The first-order valence-electron chi connectivity index (χ1n) is 11.8. The zero-order valence-corrected chi connectivity index (χ0v) is 21.5. The van der Waals surface area contributed by atoms with E-state index in [1.807, 2.05) is 13.0 Å².